The molecule has 0 radical (unpaired) electrons. The van der Waals surface area contributed by atoms with Crippen LogP contribution in [0.15, 0.2) is 24.3 Å². The first-order chi connectivity index (χ1) is 10.5. The molecule has 1 aromatic carbocycles. The first-order valence-corrected chi connectivity index (χ1v) is 8.79. The lowest BCUT2D eigenvalue weighted by atomic mass is 9.96. The van der Waals surface area contributed by atoms with Crippen LogP contribution in [0.4, 0.5) is 0 Å². The molecule has 2 nitrogen and oxygen atoms in total. The second-order valence-electron chi connectivity index (χ2n) is 5.94. The number of hydrogen-bond donors (Lipinski definition) is 1. The number of carbonyl (C=O) groups is 1. The number of nitrogens with one attached hydrogen (secondary N) is 1. The summed E-state index contributed by atoms with van der Waals surface area (Å²) in [5.41, 5.74) is 2.86. The van der Waals surface area contributed by atoms with E-state index < -0.39 is 0 Å². The van der Waals surface area contributed by atoms with Gasteiger partial charge in [-0.3, -0.25) is 0 Å². The quantitative estimate of drug-likeness (QED) is 0.857. The summed E-state index contributed by atoms with van der Waals surface area (Å²) in [6, 6.07) is 8.49. The maximum Gasteiger partial charge on any atom is 0.129 e. The first-order valence-electron chi connectivity index (χ1n) is 8.79. The van der Waals surface area contributed by atoms with Gasteiger partial charge in [0.25, 0.3) is 0 Å². The molecule has 0 unspecified atom stereocenters. The van der Waals surface area contributed by atoms with Gasteiger partial charge in [0, 0.05) is 6.42 Å². The highest BCUT2D eigenvalue weighted by Gasteiger charge is 2.08. The number of Topliss-reactive ketones (excluding diaryl/α,β-unsaturated/α-hetero) is 1. The zero-order valence-corrected chi connectivity index (χ0v) is 15.2. The number of carbonyl (C=O) groups excluding carboxylic acids is 1. The van der Waals surface area contributed by atoms with Gasteiger partial charge in [0.2, 0.25) is 0 Å². The smallest absolute Gasteiger partial charge is 0.129 e. The van der Waals surface area contributed by atoms with Gasteiger partial charge >= 0.3 is 0 Å². The molecule has 126 valence electrons. The van der Waals surface area contributed by atoms with Crippen molar-refractivity contribution in [3.63, 3.8) is 0 Å². The van der Waals surface area contributed by atoms with Crippen LogP contribution < -0.4 is 5.32 Å². The molecule has 22 heavy (non-hydrogen) atoms. The Balaban J connectivity index is 0.000000315. The van der Waals surface area contributed by atoms with Gasteiger partial charge < -0.3 is 10.1 Å². The molecule has 0 amide bonds. The van der Waals surface area contributed by atoms with E-state index in [2.05, 4.69) is 50.4 Å². The van der Waals surface area contributed by atoms with E-state index in [1.807, 2.05) is 6.92 Å². The number of hydrogen-bond acceptors (Lipinski definition) is 2. The molecule has 1 aliphatic heterocycles. The van der Waals surface area contributed by atoms with Gasteiger partial charge in [0.1, 0.15) is 5.78 Å². The van der Waals surface area contributed by atoms with E-state index in [1.165, 1.54) is 43.5 Å². The molecule has 1 aliphatic rings. The van der Waals surface area contributed by atoms with Crippen molar-refractivity contribution in [2.75, 3.05) is 13.1 Å². The topological polar surface area (TPSA) is 29.1 Å². The molecule has 0 bridgehead atoms. The molecule has 1 fully saturated rings. The van der Waals surface area contributed by atoms with Crippen molar-refractivity contribution in [1.82, 2.24) is 5.32 Å². The molecule has 0 atom stereocenters. The second-order valence-corrected chi connectivity index (χ2v) is 5.94. The first kappa shape index (κ1) is 20.9. The fraction of sp³-hybridized carbons (Fsp3) is 0.650. The summed E-state index contributed by atoms with van der Waals surface area (Å²) >= 11 is 0. The summed E-state index contributed by atoms with van der Waals surface area (Å²) in [5, 5.41) is 3.35. The van der Waals surface area contributed by atoms with Gasteiger partial charge in [0.15, 0.2) is 0 Å². The largest absolute Gasteiger partial charge is 0.317 e. The van der Waals surface area contributed by atoms with Gasteiger partial charge in [-0.25, -0.2) is 0 Å². The highest BCUT2D eigenvalue weighted by Crippen LogP contribution is 2.14. The monoisotopic (exact) mass is 305 g/mol. The van der Waals surface area contributed by atoms with Gasteiger partial charge in [-0.1, -0.05) is 51.5 Å². The van der Waals surface area contributed by atoms with Gasteiger partial charge in [-0.05, 0) is 63.2 Å². The maximum absolute atomic E-state index is 9.81. The molecule has 0 aromatic heterocycles. The van der Waals surface area contributed by atoms with Gasteiger partial charge in [-0.2, -0.15) is 0 Å². The molecule has 0 spiro atoms. The second kappa shape index (κ2) is 13.5. The third-order valence-corrected chi connectivity index (χ3v) is 4.18. The Kier molecular flexibility index (Phi) is 12.8. The number of ketones is 1. The van der Waals surface area contributed by atoms with E-state index in [9.17, 15) is 4.79 Å². The summed E-state index contributed by atoms with van der Waals surface area (Å²) in [5.74, 6) is 1.28. The number of benzene rings is 1. The van der Waals surface area contributed by atoms with Gasteiger partial charge in [0.05, 0.1) is 0 Å². The van der Waals surface area contributed by atoms with E-state index in [0.29, 0.717) is 6.42 Å². The SMILES string of the molecule is CCC(C)=O.CCC1CCNCC1.CCc1ccccc1C. The van der Waals surface area contributed by atoms with E-state index in [4.69, 9.17) is 0 Å². The standard InChI is InChI=1S/C9H12.C7H15N.C4H8O/c1-3-9-7-5-4-6-8(9)2;1-2-7-3-5-8-6-4-7;1-3-4(2)5/h4-7H,3H2,1-2H3;7-8H,2-6H2,1H3;3H2,1-2H3. The normalized spacial score (nSPS) is 14.2. The summed E-state index contributed by atoms with van der Waals surface area (Å²) in [7, 11) is 0. The molecule has 2 heteroatoms. The Labute approximate surface area is 137 Å². The Hall–Kier alpha value is -1.15. The van der Waals surface area contributed by atoms with E-state index in [-0.39, 0.29) is 5.78 Å². The van der Waals surface area contributed by atoms with Crippen molar-refractivity contribution in [3.8, 4) is 0 Å². The lowest BCUT2D eigenvalue weighted by Gasteiger charge is -2.20. The molecule has 1 aromatic rings. The summed E-state index contributed by atoms with van der Waals surface area (Å²) in [4.78, 5) is 9.81. The van der Waals surface area contributed by atoms with Crippen molar-refractivity contribution in [2.45, 2.75) is 66.7 Å². The van der Waals surface area contributed by atoms with Gasteiger partial charge in [-0.15, -0.1) is 0 Å². The third-order valence-electron chi connectivity index (χ3n) is 4.18. The Morgan fingerprint density at radius 2 is 1.68 bits per heavy atom. The van der Waals surface area contributed by atoms with E-state index >= 15 is 0 Å². The van der Waals surface area contributed by atoms with Crippen molar-refractivity contribution in [3.05, 3.63) is 35.4 Å². The summed E-state index contributed by atoms with van der Waals surface area (Å²) in [6.45, 7) is 12.6. The molecule has 1 saturated heterocycles. The highest BCUT2D eigenvalue weighted by molar-refractivity contribution is 5.74. The summed E-state index contributed by atoms with van der Waals surface area (Å²) in [6.07, 6.45) is 5.99. The van der Waals surface area contributed by atoms with Crippen molar-refractivity contribution in [2.24, 2.45) is 5.92 Å². The van der Waals surface area contributed by atoms with Crippen LogP contribution in [0.25, 0.3) is 0 Å². The molecule has 2 rings (SSSR count). The lowest BCUT2D eigenvalue weighted by molar-refractivity contribution is -0.116. The molecule has 1 heterocycles. The van der Waals surface area contributed by atoms with Crippen molar-refractivity contribution < 1.29 is 4.79 Å². The van der Waals surface area contributed by atoms with E-state index in [1.54, 1.807) is 6.92 Å². The van der Waals surface area contributed by atoms with Crippen LogP contribution in [0.5, 0.6) is 0 Å². The molecule has 0 saturated carbocycles. The minimum atomic E-state index is 0.255. The van der Waals surface area contributed by atoms with Crippen LogP contribution >= 0.6 is 0 Å². The fourth-order valence-corrected chi connectivity index (χ4v) is 2.30. The Morgan fingerprint density at radius 1 is 1.14 bits per heavy atom. The van der Waals surface area contributed by atoms with Crippen molar-refractivity contribution >= 4 is 5.78 Å². The van der Waals surface area contributed by atoms with Crippen LogP contribution in [0.3, 0.4) is 0 Å². The Bertz CT molecular complexity index is 394. The lowest BCUT2D eigenvalue weighted by Crippen LogP contribution is -2.27. The molecule has 1 N–H and O–H groups in total. The fourth-order valence-electron chi connectivity index (χ4n) is 2.30. The van der Waals surface area contributed by atoms with E-state index in [0.717, 1.165) is 12.3 Å². The zero-order valence-electron chi connectivity index (χ0n) is 15.2. The molecular weight excluding hydrogens is 270 g/mol. The summed E-state index contributed by atoms with van der Waals surface area (Å²) < 4.78 is 0. The predicted octanol–water partition coefficient (Wildman–Crippen LogP) is 4.94. The molecular formula is C20H35NO. The minimum Gasteiger partial charge on any atom is -0.317 e. The number of piperidine rings is 1. The van der Waals surface area contributed by atoms with Crippen LogP contribution in [0, 0.1) is 12.8 Å². The van der Waals surface area contributed by atoms with Crippen molar-refractivity contribution in [1.29, 1.82) is 0 Å². The van der Waals surface area contributed by atoms with Crippen LogP contribution in [0.1, 0.15) is 64.5 Å². The highest BCUT2D eigenvalue weighted by atomic mass is 16.1. The average Bonchev–Trinajstić information content (AvgIpc) is 2.57. The van der Waals surface area contributed by atoms with Crippen LogP contribution in [0.2, 0.25) is 0 Å². The Morgan fingerprint density at radius 3 is 2.00 bits per heavy atom. The maximum atomic E-state index is 9.81. The predicted molar refractivity (Wildman–Crippen MR) is 97.4 cm³/mol. The average molecular weight is 306 g/mol. The minimum absolute atomic E-state index is 0.255. The van der Waals surface area contributed by atoms with Crippen LogP contribution in [-0.2, 0) is 11.2 Å². The van der Waals surface area contributed by atoms with Crippen LogP contribution in [-0.4, -0.2) is 18.9 Å². The molecule has 0 aliphatic carbocycles. The third kappa shape index (κ3) is 10.6. The zero-order chi connectivity index (χ0) is 16.8. The number of rotatable bonds is 3. The number of aryl methyl sites for hydroxylation is 2.